The minimum absolute atomic E-state index is 0.0197. The fourth-order valence-electron chi connectivity index (χ4n) is 7.09. The number of benzene rings is 2. The van der Waals surface area contributed by atoms with Crippen LogP contribution in [0.4, 0.5) is 0 Å². The molecule has 4 atom stereocenters. The lowest BCUT2D eigenvalue weighted by atomic mass is 9.77. The number of hydrogen-bond donors (Lipinski definition) is 3. The summed E-state index contributed by atoms with van der Waals surface area (Å²) in [7, 11) is 4.62. The molecule has 2 aromatic carbocycles. The monoisotopic (exact) mass is 636 g/mol. The second-order valence-electron chi connectivity index (χ2n) is 12.1. The maximum atomic E-state index is 14.1. The summed E-state index contributed by atoms with van der Waals surface area (Å²) in [5.41, 5.74) is 1.99. The van der Waals surface area contributed by atoms with E-state index < -0.39 is 30.1 Å². The van der Waals surface area contributed by atoms with Crippen molar-refractivity contribution in [3.63, 3.8) is 0 Å². The highest BCUT2D eigenvalue weighted by Crippen LogP contribution is 2.51. The van der Waals surface area contributed by atoms with Crippen molar-refractivity contribution in [2.24, 2.45) is 5.92 Å². The summed E-state index contributed by atoms with van der Waals surface area (Å²) >= 11 is 0. The smallest absolute Gasteiger partial charge is 0.247 e. The quantitative estimate of drug-likeness (QED) is 0.267. The molecule has 5 rings (SSSR count). The zero-order chi connectivity index (χ0) is 32.8. The Bertz CT molecular complexity index is 1450. The van der Waals surface area contributed by atoms with E-state index in [1.54, 1.807) is 43.4 Å². The summed E-state index contributed by atoms with van der Waals surface area (Å²) in [6, 6.07) is 7.77. The lowest BCUT2D eigenvalue weighted by Crippen LogP contribution is -2.56. The standard InChI is InChI=1S/C35H44N2O9/c1-43-24-9-10-28(44-2)23(18-24)12-14-37(30(40)11-8-21-6-4-5-7-21)27-19-26(35(42)36-13-15-38)31-25-16-22(20-39)17-29(45-3)33(25)46-34(31)32(27)41/h9-10,16-21,27,31-32,34,38,41H,4-8,11-15H2,1-3H3,(H,36,42)/t27-,31+,32+,34+/m1/s1. The molecule has 0 aromatic heterocycles. The van der Waals surface area contributed by atoms with Crippen molar-refractivity contribution in [1.29, 1.82) is 0 Å². The molecular formula is C35H44N2O9. The van der Waals surface area contributed by atoms with Crippen LogP contribution in [-0.2, 0) is 16.0 Å². The molecule has 0 spiro atoms. The topological polar surface area (TPSA) is 144 Å². The summed E-state index contributed by atoms with van der Waals surface area (Å²) in [5.74, 6) is 1.12. The summed E-state index contributed by atoms with van der Waals surface area (Å²) in [4.78, 5) is 41.1. The van der Waals surface area contributed by atoms with E-state index in [0.717, 1.165) is 24.8 Å². The maximum absolute atomic E-state index is 14.1. The van der Waals surface area contributed by atoms with Crippen molar-refractivity contribution in [2.75, 3.05) is 41.0 Å². The lowest BCUT2D eigenvalue weighted by Gasteiger charge is -2.41. The van der Waals surface area contributed by atoms with E-state index in [2.05, 4.69) is 5.32 Å². The third-order valence-electron chi connectivity index (χ3n) is 9.44. The van der Waals surface area contributed by atoms with Crippen LogP contribution < -0.4 is 24.3 Å². The molecule has 1 fully saturated rings. The maximum Gasteiger partial charge on any atom is 0.247 e. The number of fused-ring (bicyclic) bond motifs is 3. The molecule has 3 aliphatic rings. The molecule has 11 heteroatoms. The highest BCUT2D eigenvalue weighted by atomic mass is 16.5. The van der Waals surface area contributed by atoms with Gasteiger partial charge in [-0.15, -0.1) is 0 Å². The van der Waals surface area contributed by atoms with Gasteiger partial charge in [0, 0.05) is 36.2 Å². The van der Waals surface area contributed by atoms with Gasteiger partial charge in [-0.05, 0) is 60.7 Å². The first-order chi connectivity index (χ1) is 22.3. The number of aliphatic hydroxyl groups excluding tert-OH is 2. The van der Waals surface area contributed by atoms with Gasteiger partial charge in [0.1, 0.15) is 30.0 Å². The third kappa shape index (κ3) is 6.85. The fraction of sp³-hybridized carbons (Fsp3) is 0.514. The van der Waals surface area contributed by atoms with Crippen LogP contribution in [0.2, 0.25) is 0 Å². The van der Waals surface area contributed by atoms with Gasteiger partial charge in [-0.1, -0.05) is 25.7 Å². The van der Waals surface area contributed by atoms with Gasteiger partial charge in [-0.2, -0.15) is 0 Å². The molecule has 2 amide bonds. The number of methoxy groups -OCH3 is 3. The zero-order valence-electron chi connectivity index (χ0n) is 26.7. The normalized spacial score (nSPS) is 21.8. The van der Waals surface area contributed by atoms with Crippen LogP contribution in [0, 0.1) is 5.92 Å². The Morgan fingerprint density at radius 3 is 2.50 bits per heavy atom. The van der Waals surface area contributed by atoms with Crippen LogP contribution in [-0.4, -0.2) is 92.5 Å². The van der Waals surface area contributed by atoms with Crippen molar-refractivity contribution in [3.05, 3.63) is 58.7 Å². The van der Waals surface area contributed by atoms with E-state index in [0.29, 0.717) is 59.2 Å². The number of amides is 2. The zero-order valence-corrected chi connectivity index (χ0v) is 26.7. The van der Waals surface area contributed by atoms with Crippen LogP contribution >= 0.6 is 0 Å². The number of carbonyl (C=O) groups is 3. The second kappa shape index (κ2) is 15.0. The van der Waals surface area contributed by atoms with Crippen molar-refractivity contribution in [1.82, 2.24) is 10.2 Å². The van der Waals surface area contributed by atoms with Gasteiger partial charge >= 0.3 is 0 Å². The van der Waals surface area contributed by atoms with Crippen LogP contribution in [0.3, 0.4) is 0 Å². The molecule has 11 nitrogen and oxygen atoms in total. The van der Waals surface area contributed by atoms with Gasteiger partial charge in [-0.25, -0.2) is 0 Å². The molecule has 0 saturated heterocycles. The predicted octanol–water partition coefficient (Wildman–Crippen LogP) is 3.19. The number of carbonyl (C=O) groups excluding carboxylic acids is 3. The fourth-order valence-corrected chi connectivity index (χ4v) is 7.09. The van der Waals surface area contributed by atoms with Crippen LogP contribution in [0.5, 0.6) is 23.0 Å². The van der Waals surface area contributed by atoms with Gasteiger partial charge in [0.2, 0.25) is 11.8 Å². The molecule has 3 N–H and O–H groups in total. The van der Waals surface area contributed by atoms with Gasteiger partial charge in [0.15, 0.2) is 11.5 Å². The molecule has 0 unspecified atom stereocenters. The number of aliphatic hydroxyl groups is 2. The first-order valence-corrected chi connectivity index (χ1v) is 16.0. The number of hydrogen-bond acceptors (Lipinski definition) is 9. The summed E-state index contributed by atoms with van der Waals surface area (Å²) in [6.07, 6.45) is 6.22. The number of aldehydes is 1. The molecule has 2 aliphatic carbocycles. The van der Waals surface area contributed by atoms with Crippen molar-refractivity contribution in [3.8, 4) is 23.0 Å². The van der Waals surface area contributed by atoms with Crippen LogP contribution in [0.15, 0.2) is 42.0 Å². The van der Waals surface area contributed by atoms with E-state index in [-0.39, 0.29) is 31.2 Å². The van der Waals surface area contributed by atoms with E-state index in [9.17, 15) is 24.6 Å². The second-order valence-corrected chi connectivity index (χ2v) is 12.1. The van der Waals surface area contributed by atoms with E-state index in [1.807, 2.05) is 12.1 Å². The SMILES string of the molecule is COc1ccc(OC)c(CCN(C(=O)CCC2CCCC2)[C@@H]2C=C(C(=O)NCCO)[C@@H]3c4cc(C=O)cc(OC)c4O[C@@H]3[C@H]2O)c1. The average molecular weight is 637 g/mol. The Morgan fingerprint density at radius 2 is 1.83 bits per heavy atom. The van der Waals surface area contributed by atoms with Gasteiger partial charge in [0.05, 0.1) is 39.9 Å². The van der Waals surface area contributed by atoms with Gasteiger partial charge in [-0.3, -0.25) is 14.4 Å². The Morgan fingerprint density at radius 1 is 1.07 bits per heavy atom. The number of nitrogens with zero attached hydrogens (tertiary/aromatic N) is 1. The first kappa shape index (κ1) is 33.3. The minimum Gasteiger partial charge on any atom is -0.497 e. The minimum atomic E-state index is -1.21. The van der Waals surface area contributed by atoms with Gasteiger partial charge < -0.3 is 39.4 Å². The molecule has 1 heterocycles. The van der Waals surface area contributed by atoms with E-state index in [1.165, 1.54) is 20.0 Å². The van der Waals surface area contributed by atoms with Crippen molar-refractivity contribution < 1.29 is 43.5 Å². The summed E-state index contributed by atoms with van der Waals surface area (Å²) in [6.45, 7) is -0.00484. The molecule has 46 heavy (non-hydrogen) atoms. The Labute approximate surface area is 269 Å². The van der Waals surface area contributed by atoms with Crippen molar-refractivity contribution >= 4 is 18.1 Å². The third-order valence-corrected chi connectivity index (χ3v) is 9.44. The molecule has 248 valence electrons. The van der Waals surface area contributed by atoms with Crippen LogP contribution in [0.25, 0.3) is 0 Å². The van der Waals surface area contributed by atoms with Gasteiger partial charge in [0.25, 0.3) is 0 Å². The largest absolute Gasteiger partial charge is 0.497 e. The molecular weight excluding hydrogens is 592 g/mol. The highest BCUT2D eigenvalue weighted by molar-refractivity contribution is 5.96. The first-order valence-electron chi connectivity index (χ1n) is 16.0. The molecule has 1 aliphatic heterocycles. The Balaban J connectivity index is 1.53. The molecule has 0 bridgehead atoms. The summed E-state index contributed by atoms with van der Waals surface area (Å²) < 4.78 is 22.9. The van der Waals surface area contributed by atoms with E-state index in [4.69, 9.17) is 18.9 Å². The summed E-state index contributed by atoms with van der Waals surface area (Å²) in [5, 5.41) is 24.1. The highest BCUT2D eigenvalue weighted by Gasteiger charge is 2.51. The molecule has 1 saturated carbocycles. The van der Waals surface area contributed by atoms with Crippen molar-refractivity contribution in [2.45, 2.75) is 69.1 Å². The lowest BCUT2D eigenvalue weighted by molar-refractivity contribution is -0.137. The van der Waals surface area contributed by atoms with E-state index >= 15 is 0 Å². The Hall–Kier alpha value is -4.09. The average Bonchev–Trinajstić information content (AvgIpc) is 3.75. The molecule has 0 radical (unpaired) electrons. The number of rotatable bonds is 14. The molecule has 2 aromatic rings. The predicted molar refractivity (Wildman–Crippen MR) is 170 cm³/mol. The number of nitrogens with one attached hydrogen (secondary N) is 1. The number of ether oxygens (including phenoxy) is 4. The van der Waals surface area contributed by atoms with Crippen LogP contribution in [0.1, 0.15) is 65.9 Å². The Kier molecular flexibility index (Phi) is 10.9.